The third-order valence-electron chi connectivity index (χ3n) is 5.78. The van der Waals surface area contributed by atoms with Crippen LogP contribution in [0.4, 0.5) is 5.69 Å². The molecular weight excluding hydrogens is 392 g/mol. The van der Waals surface area contributed by atoms with Crippen molar-refractivity contribution in [1.82, 2.24) is 24.8 Å². The summed E-state index contributed by atoms with van der Waals surface area (Å²) in [6, 6.07) is 11.4. The summed E-state index contributed by atoms with van der Waals surface area (Å²) < 4.78 is 7.26. The molecule has 2 N–H and O–H groups in total. The highest BCUT2D eigenvalue weighted by atomic mass is 16.5. The number of imidazole rings is 1. The predicted octanol–water partition coefficient (Wildman–Crippen LogP) is 3.49. The lowest BCUT2D eigenvalue weighted by Crippen LogP contribution is -2.28. The quantitative estimate of drug-likeness (QED) is 0.517. The molecule has 0 atom stereocenters. The third-order valence-corrected chi connectivity index (χ3v) is 5.78. The van der Waals surface area contributed by atoms with Crippen LogP contribution in [0.3, 0.4) is 0 Å². The van der Waals surface area contributed by atoms with Crippen molar-refractivity contribution in [3.8, 4) is 11.4 Å². The van der Waals surface area contributed by atoms with E-state index in [-0.39, 0.29) is 5.91 Å². The van der Waals surface area contributed by atoms with Crippen molar-refractivity contribution < 1.29 is 9.32 Å². The number of carbonyl (C=O) groups is 1. The van der Waals surface area contributed by atoms with E-state index in [1.54, 1.807) is 10.6 Å². The zero-order chi connectivity index (χ0) is 21.2. The molecule has 1 fully saturated rings. The Kier molecular flexibility index (Phi) is 5.21. The van der Waals surface area contributed by atoms with Crippen molar-refractivity contribution in [1.29, 1.82) is 0 Å². The van der Waals surface area contributed by atoms with Gasteiger partial charge < -0.3 is 15.2 Å². The van der Waals surface area contributed by atoms with Gasteiger partial charge in [0.05, 0.1) is 6.20 Å². The average Bonchev–Trinajstić information content (AvgIpc) is 3.43. The summed E-state index contributed by atoms with van der Waals surface area (Å²) >= 11 is 0. The third kappa shape index (κ3) is 4.06. The first-order valence-electron chi connectivity index (χ1n) is 10.5. The highest BCUT2D eigenvalue weighted by Gasteiger charge is 2.19. The molecule has 5 rings (SSSR count). The number of rotatable bonds is 5. The Morgan fingerprint density at radius 3 is 3.00 bits per heavy atom. The van der Waals surface area contributed by atoms with Gasteiger partial charge in [0.2, 0.25) is 11.7 Å². The lowest BCUT2D eigenvalue weighted by atomic mass is 9.95. The Labute approximate surface area is 179 Å². The van der Waals surface area contributed by atoms with E-state index in [1.807, 2.05) is 49.5 Å². The Hall–Kier alpha value is -3.52. The number of piperidine rings is 1. The molecule has 1 amide bonds. The molecule has 1 aromatic carbocycles. The first-order valence-corrected chi connectivity index (χ1v) is 10.5. The number of aromatic nitrogens is 4. The van der Waals surface area contributed by atoms with E-state index < -0.39 is 0 Å². The molecule has 4 heterocycles. The summed E-state index contributed by atoms with van der Waals surface area (Å²) in [7, 11) is 0. The number of fused-ring (bicyclic) bond motifs is 1. The topological polar surface area (TPSA) is 97.4 Å². The number of carbonyl (C=O) groups excluding carboxylic acids is 1. The summed E-state index contributed by atoms with van der Waals surface area (Å²) in [5, 5.41) is 10.5. The molecule has 3 aromatic heterocycles. The second kappa shape index (κ2) is 8.31. The first-order chi connectivity index (χ1) is 15.2. The van der Waals surface area contributed by atoms with Gasteiger partial charge in [-0.15, -0.1) is 0 Å². The van der Waals surface area contributed by atoms with Gasteiger partial charge in [-0.05, 0) is 62.5 Å². The van der Waals surface area contributed by atoms with E-state index in [1.165, 1.54) is 0 Å². The fourth-order valence-electron chi connectivity index (χ4n) is 3.97. The van der Waals surface area contributed by atoms with E-state index in [4.69, 9.17) is 4.52 Å². The number of nitrogens with one attached hydrogen (secondary N) is 2. The molecule has 158 valence electrons. The summed E-state index contributed by atoms with van der Waals surface area (Å²) in [6.07, 6.45) is 6.46. The molecule has 1 aliphatic heterocycles. The molecular formula is C23H24N6O2. The van der Waals surface area contributed by atoms with Crippen molar-refractivity contribution in [2.24, 2.45) is 5.92 Å². The maximum Gasteiger partial charge on any atom is 0.274 e. The van der Waals surface area contributed by atoms with Crippen LogP contribution in [0.2, 0.25) is 0 Å². The van der Waals surface area contributed by atoms with Gasteiger partial charge in [0.1, 0.15) is 11.3 Å². The normalized spacial score (nSPS) is 14.7. The molecule has 0 bridgehead atoms. The minimum Gasteiger partial charge on any atom is -0.339 e. The molecule has 0 unspecified atom stereocenters. The van der Waals surface area contributed by atoms with Crippen LogP contribution in [0.15, 0.2) is 53.3 Å². The molecule has 1 aliphatic rings. The van der Waals surface area contributed by atoms with Gasteiger partial charge in [-0.25, -0.2) is 4.98 Å². The van der Waals surface area contributed by atoms with Crippen LogP contribution in [0, 0.1) is 12.8 Å². The smallest absolute Gasteiger partial charge is 0.274 e. The number of nitrogens with zero attached hydrogens (tertiary/aromatic N) is 4. The molecule has 0 spiro atoms. The Morgan fingerprint density at radius 1 is 1.26 bits per heavy atom. The minimum atomic E-state index is -0.223. The first kappa shape index (κ1) is 19.4. The van der Waals surface area contributed by atoms with Crippen molar-refractivity contribution >= 4 is 17.2 Å². The highest BCUT2D eigenvalue weighted by molar-refractivity contribution is 6.04. The molecule has 8 nitrogen and oxygen atoms in total. The van der Waals surface area contributed by atoms with E-state index in [0.29, 0.717) is 29.0 Å². The molecule has 0 saturated carbocycles. The largest absolute Gasteiger partial charge is 0.339 e. The summed E-state index contributed by atoms with van der Waals surface area (Å²) in [4.78, 5) is 21.8. The van der Waals surface area contributed by atoms with E-state index in [2.05, 4.69) is 25.8 Å². The standard InChI is InChI=1S/C23H24N6O2/c1-15-5-6-17(22-27-21(31-28-22)12-16-7-9-24-10-8-16)13-18(15)26-23(30)19-14-25-20-4-2-3-11-29(19)20/h2-6,11,13-14,16,24H,7-10,12H2,1H3,(H,26,30). The zero-order valence-electron chi connectivity index (χ0n) is 17.3. The number of aryl methyl sites for hydroxylation is 1. The summed E-state index contributed by atoms with van der Waals surface area (Å²) in [6.45, 7) is 4.03. The summed E-state index contributed by atoms with van der Waals surface area (Å²) in [5.74, 6) is 1.56. The number of pyridine rings is 1. The fourth-order valence-corrected chi connectivity index (χ4v) is 3.97. The average molecular weight is 416 g/mol. The number of amides is 1. The number of anilines is 1. The molecule has 31 heavy (non-hydrogen) atoms. The van der Waals surface area contributed by atoms with Crippen molar-refractivity contribution in [2.45, 2.75) is 26.2 Å². The van der Waals surface area contributed by atoms with Crippen LogP contribution in [-0.4, -0.2) is 38.5 Å². The molecule has 0 radical (unpaired) electrons. The van der Waals surface area contributed by atoms with Crippen LogP contribution in [-0.2, 0) is 6.42 Å². The second-order valence-electron chi connectivity index (χ2n) is 7.97. The molecule has 1 saturated heterocycles. The van der Waals surface area contributed by atoms with Crippen LogP contribution in [0.5, 0.6) is 0 Å². The van der Waals surface area contributed by atoms with Gasteiger partial charge in [0.15, 0.2) is 0 Å². The maximum atomic E-state index is 12.9. The van der Waals surface area contributed by atoms with E-state index in [0.717, 1.165) is 49.1 Å². The van der Waals surface area contributed by atoms with Gasteiger partial charge in [0.25, 0.3) is 5.91 Å². The number of benzene rings is 1. The minimum absolute atomic E-state index is 0.223. The SMILES string of the molecule is Cc1ccc(-c2noc(CC3CCNCC3)n2)cc1NC(=O)c1cnc2ccccn12. The van der Waals surface area contributed by atoms with Gasteiger partial charge in [-0.3, -0.25) is 9.20 Å². The number of hydrogen-bond acceptors (Lipinski definition) is 6. The van der Waals surface area contributed by atoms with Crippen molar-refractivity contribution in [2.75, 3.05) is 18.4 Å². The van der Waals surface area contributed by atoms with Crippen molar-refractivity contribution in [3.63, 3.8) is 0 Å². The molecule has 0 aliphatic carbocycles. The maximum absolute atomic E-state index is 12.9. The van der Waals surface area contributed by atoms with Crippen molar-refractivity contribution in [3.05, 3.63) is 65.9 Å². The van der Waals surface area contributed by atoms with E-state index in [9.17, 15) is 4.79 Å². The van der Waals surface area contributed by atoms with E-state index >= 15 is 0 Å². The second-order valence-corrected chi connectivity index (χ2v) is 7.97. The van der Waals surface area contributed by atoms with Gasteiger partial charge >= 0.3 is 0 Å². The molecule has 4 aromatic rings. The Balaban J connectivity index is 1.35. The predicted molar refractivity (Wildman–Crippen MR) is 117 cm³/mol. The number of hydrogen-bond donors (Lipinski definition) is 2. The van der Waals surface area contributed by atoms with Gasteiger partial charge in [-0.1, -0.05) is 23.4 Å². The van der Waals surface area contributed by atoms with Crippen LogP contribution < -0.4 is 10.6 Å². The van der Waals surface area contributed by atoms with Crippen LogP contribution in [0.1, 0.15) is 34.8 Å². The monoisotopic (exact) mass is 416 g/mol. The van der Waals surface area contributed by atoms with Crippen LogP contribution in [0.25, 0.3) is 17.0 Å². The molecule has 8 heteroatoms. The highest BCUT2D eigenvalue weighted by Crippen LogP contribution is 2.25. The Bertz CT molecular complexity index is 1220. The van der Waals surface area contributed by atoms with Gasteiger partial charge in [-0.2, -0.15) is 4.98 Å². The zero-order valence-corrected chi connectivity index (χ0v) is 17.3. The Morgan fingerprint density at radius 2 is 2.13 bits per heavy atom. The lowest BCUT2D eigenvalue weighted by molar-refractivity contribution is 0.102. The fraction of sp³-hybridized carbons (Fsp3) is 0.304. The lowest BCUT2D eigenvalue weighted by Gasteiger charge is -2.20. The van der Waals surface area contributed by atoms with Gasteiger partial charge in [0, 0.05) is 23.9 Å². The summed E-state index contributed by atoms with van der Waals surface area (Å²) in [5.41, 5.74) is 3.66. The van der Waals surface area contributed by atoms with Crippen LogP contribution >= 0.6 is 0 Å².